The molecule has 0 saturated heterocycles. The van der Waals surface area contributed by atoms with Gasteiger partial charge in [0.2, 0.25) is 0 Å². The lowest BCUT2D eigenvalue weighted by atomic mass is 9.79. The number of hydrogen-bond acceptors (Lipinski definition) is 2. The van der Waals surface area contributed by atoms with Gasteiger partial charge in [-0.1, -0.05) is 31.9 Å². The van der Waals surface area contributed by atoms with E-state index in [9.17, 15) is 4.79 Å². The molecule has 0 bridgehead atoms. The summed E-state index contributed by atoms with van der Waals surface area (Å²) in [5.74, 6) is 1.39. The highest BCUT2D eigenvalue weighted by Crippen LogP contribution is 2.31. The summed E-state index contributed by atoms with van der Waals surface area (Å²) < 4.78 is 5.40. The Kier molecular flexibility index (Phi) is 3.21. The summed E-state index contributed by atoms with van der Waals surface area (Å²) in [6.45, 7) is 3.65. The van der Waals surface area contributed by atoms with Gasteiger partial charge >= 0.3 is 0 Å². The normalized spacial score (nSPS) is 26.9. The fraction of sp³-hybridized carbons (Fsp3) is 0.562. The molecule has 18 heavy (non-hydrogen) atoms. The maximum Gasteiger partial charge on any atom is 0.165 e. The van der Waals surface area contributed by atoms with Crippen molar-refractivity contribution in [2.45, 2.75) is 45.8 Å². The average molecular weight is 244 g/mol. The van der Waals surface area contributed by atoms with Gasteiger partial charge in [-0.25, -0.2) is 0 Å². The van der Waals surface area contributed by atoms with Gasteiger partial charge in [0.15, 0.2) is 5.78 Å². The molecule has 0 radical (unpaired) electrons. The lowest BCUT2D eigenvalue weighted by molar-refractivity contribution is 0.0875. The molecule has 2 nitrogen and oxygen atoms in total. The van der Waals surface area contributed by atoms with Gasteiger partial charge in [0, 0.05) is 11.5 Å². The predicted octanol–water partition coefficient (Wildman–Crippen LogP) is 3.73. The molecule has 0 spiro atoms. The number of ketones is 1. The second-order valence-electron chi connectivity index (χ2n) is 5.80. The first kappa shape index (κ1) is 11.9. The summed E-state index contributed by atoms with van der Waals surface area (Å²) >= 11 is 0. The molecule has 1 saturated carbocycles. The summed E-state index contributed by atoms with van der Waals surface area (Å²) in [7, 11) is 0. The molecule has 1 aromatic rings. The maximum absolute atomic E-state index is 12.5. The van der Waals surface area contributed by atoms with Crippen molar-refractivity contribution in [3.63, 3.8) is 0 Å². The molecule has 1 aromatic carbocycles. The summed E-state index contributed by atoms with van der Waals surface area (Å²) in [6.07, 6.45) is 4.52. The van der Waals surface area contributed by atoms with E-state index in [1.807, 2.05) is 12.1 Å². The van der Waals surface area contributed by atoms with Crippen LogP contribution in [0.4, 0.5) is 0 Å². The fourth-order valence-electron chi connectivity index (χ4n) is 3.08. The third-order valence-corrected chi connectivity index (χ3v) is 4.39. The molecule has 0 unspecified atom stereocenters. The van der Waals surface area contributed by atoms with Gasteiger partial charge in [-0.05, 0) is 36.0 Å². The van der Waals surface area contributed by atoms with Gasteiger partial charge in [-0.3, -0.25) is 4.79 Å². The van der Waals surface area contributed by atoms with Gasteiger partial charge < -0.3 is 4.74 Å². The Morgan fingerprint density at radius 2 is 1.83 bits per heavy atom. The molecular weight excluding hydrogens is 224 g/mol. The zero-order valence-corrected chi connectivity index (χ0v) is 10.9. The fourth-order valence-corrected chi connectivity index (χ4v) is 3.08. The number of carbonyl (C=O) groups excluding carboxylic acids is 1. The van der Waals surface area contributed by atoms with Gasteiger partial charge in [0.25, 0.3) is 0 Å². The molecule has 0 atom stereocenters. The minimum Gasteiger partial charge on any atom is -0.372 e. The number of benzene rings is 1. The third kappa shape index (κ3) is 2.22. The van der Waals surface area contributed by atoms with Crippen molar-refractivity contribution in [3.05, 3.63) is 34.9 Å². The molecule has 1 aliphatic carbocycles. The van der Waals surface area contributed by atoms with Crippen molar-refractivity contribution in [1.29, 1.82) is 0 Å². The summed E-state index contributed by atoms with van der Waals surface area (Å²) in [4.78, 5) is 12.5. The van der Waals surface area contributed by atoms with E-state index >= 15 is 0 Å². The smallest absolute Gasteiger partial charge is 0.165 e. The van der Waals surface area contributed by atoms with Crippen LogP contribution in [-0.4, -0.2) is 5.78 Å². The second-order valence-corrected chi connectivity index (χ2v) is 5.80. The summed E-state index contributed by atoms with van der Waals surface area (Å²) in [5, 5.41) is 0. The molecule has 0 amide bonds. The SMILES string of the molecule is CC1CCC(C(=O)c2ccc3c(c2)COC3)CC1. The molecule has 0 aromatic heterocycles. The van der Waals surface area contributed by atoms with Crippen LogP contribution in [-0.2, 0) is 18.0 Å². The van der Waals surface area contributed by atoms with Gasteiger partial charge in [-0.15, -0.1) is 0 Å². The largest absolute Gasteiger partial charge is 0.372 e. The van der Waals surface area contributed by atoms with Crippen molar-refractivity contribution in [2.75, 3.05) is 0 Å². The van der Waals surface area contributed by atoms with Gasteiger partial charge in [0.05, 0.1) is 13.2 Å². The summed E-state index contributed by atoms with van der Waals surface area (Å²) in [6, 6.07) is 6.08. The van der Waals surface area contributed by atoms with E-state index < -0.39 is 0 Å². The van der Waals surface area contributed by atoms with Crippen LogP contribution in [0.25, 0.3) is 0 Å². The lowest BCUT2D eigenvalue weighted by Crippen LogP contribution is -2.21. The number of fused-ring (bicyclic) bond motifs is 1. The highest BCUT2D eigenvalue weighted by atomic mass is 16.5. The van der Waals surface area contributed by atoms with E-state index in [0.29, 0.717) is 19.0 Å². The molecule has 1 aliphatic heterocycles. The molecule has 1 fully saturated rings. The lowest BCUT2D eigenvalue weighted by Gasteiger charge is -2.25. The predicted molar refractivity (Wildman–Crippen MR) is 70.4 cm³/mol. The number of Topliss-reactive ketones (excluding diaryl/α,β-unsaturated/α-hetero) is 1. The summed E-state index contributed by atoms with van der Waals surface area (Å²) in [5.41, 5.74) is 3.33. The first-order valence-electron chi connectivity index (χ1n) is 6.98. The number of ether oxygens (including phenoxy) is 1. The average Bonchev–Trinajstić information content (AvgIpc) is 2.86. The Hall–Kier alpha value is -1.15. The van der Waals surface area contributed by atoms with Crippen molar-refractivity contribution in [3.8, 4) is 0 Å². The van der Waals surface area contributed by atoms with E-state index in [4.69, 9.17) is 4.74 Å². The highest BCUT2D eigenvalue weighted by Gasteiger charge is 2.26. The van der Waals surface area contributed by atoms with Crippen molar-refractivity contribution in [2.24, 2.45) is 11.8 Å². The Morgan fingerprint density at radius 1 is 1.11 bits per heavy atom. The number of rotatable bonds is 2. The van der Waals surface area contributed by atoms with Crippen molar-refractivity contribution < 1.29 is 9.53 Å². The number of hydrogen-bond donors (Lipinski definition) is 0. The van der Waals surface area contributed by atoms with Crippen LogP contribution in [0.15, 0.2) is 18.2 Å². The molecule has 2 aliphatic rings. The van der Waals surface area contributed by atoms with E-state index in [1.165, 1.54) is 24.0 Å². The second kappa shape index (κ2) is 4.85. The van der Waals surface area contributed by atoms with Gasteiger partial charge in [0.1, 0.15) is 0 Å². The Labute approximate surface area is 108 Å². The number of carbonyl (C=O) groups is 1. The van der Waals surface area contributed by atoms with E-state index in [1.54, 1.807) is 0 Å². The highest BCUT2D eigenvalue weighted by molar-refractivity contribution is 5.98. The Bertz CT molecular complexity index is 456. The topological polar surface area (TPSA) is 26.3 Å². The first-order valence-corrected chi connectivity index (χ1v) is 6.98. The van der Waals surface area contributed by atoms with Crippen LogP contribution in [0.2, 0.25) is 0 Å². The van der Waals surface area contributed by atoms with E-state index in [-0.39, 0.29) is 5.92 Å². The van der Waals surface area contributed by atoms with Crippen LogP contribution in [0.3, 0.4) is 0 Å². The minimum atomic E-state index is 0.251. The monoisotopic (exact) mass is 244 g/mol. The van der Waals surface area contributed by atoms with Crippen molar-refractivity contribution in [1.82, 2.24) is 0 Å². The van der Waals surface area contributed by atoms with Crippen LogP contribution in [0.1, 0.15) is 54.1 Å². The molecule has 96 valence electrons. The minimum absolute atomic E-state index is 0.251. The van der Waals surface area contributed by atoms with Crippen LogP contribution in [0.5, 0.6) is 0 Å². The van der Waals surface area contributed by atoms with Gasteiger partial charge in [-0.2, -0.15) is 0 Å². The molecule has 1 heterocycles. The standard InChI is InChI=1S/C16H20O2/c1-11-2-4-12(5-3-11)16(17)13-6-7-14-9-18-10-15(14)8-13/h6-8,11-12H,2-5,9-10H2,1H3. The van der Waals surface area contributed by atoms with Crippen molar-refractivity contribution >= 4 is 5.78 Å². The first-order chi connectivity index (χ1) is 8.74. The van der Waals surface area contributed by atoms with E-state index in [0.717, 1.165) is 24.3 Å². The third-order valence-electron chi connectivity index (χ3n) is 4.39. The van der Waals surface area contributed by atoms with Crippen LogP contribution in [0, 0.1) is 11.8 Å². The molecular formula is C16H20O2. The van der Waals surface area contributed by atoms with Crippen LogP contribution < -0.4 is 0 Å². The zero-order chi connectivity index (χ0) is 12.5. The Balaban J connectivity index is 1.76. The zero-order valence-electron chi connectivity index (χ0n) is 10.9. The molecule has 3 rings (SSSR count). The molecule has 2 heteroatoms. The quantitative estimate of drug-likeness (QED) is 0.741. The molecule has 0 N–H and O–H groups in total. The maximum atomic E-state index is 12.5. The Morgan fingerprint density at radius 3 is 2.61 bits per heavy atom. The van der Waals surface area contributed by atoms with E-state index in [2.05, 4.69) is 13.0 Å². The van der Waals surface area contributed by atoms with Crippen LogP contribution >= 0.6 is 0 Å².